The van der Waals surface area contributed by atoms with Crippen LogP contribution in [0.4, 0.5) is 5.13 Å². The van der Waals surface area contributed by atoms with E-state index in [0.717, 1.165) is 11.3 Å². The minimum atomic E-state index is -0.295. The van der Waals surface area contributed by atoms with Crippen LogP contribution in [0.25, 0.3) is 11.3 Å². The minimum absolute atomic E-state index is 0.127. The molecule has 0 saturated carbocycles. The number of rotatable bonds is 8. The summed E-state index contributed by atoms with van der Waals surface area (Å²) in [4.78, 5) is 16.6. The van der Waals surface area contributed by atoms with Crippen LogP contribution in [0.2, 0.25) is 0 Å². The number of anilines is 1. The van der Waals surface area contributed by atoms with Crippen LogP contribution in [-0.2, 0) is 4.79 Å². The molecule has 1 N–H and O–H groups in total. The van der Waals surface area contributed by atoms with Crippen LogP contribution in [0, 0.1) is 0 Å². The molecule has 0 unspecified atom stereocenters. The number of nitrogens with zero attached hydrogens (tertiary/aromatic N) is 1. The van der Waals surface area contributed by atoms with Gasteiger partial charge in [-0.25, -0.2) is 4.98 Å². The van der Waals surface area contributed by atoms with Gasteiger partial charge in [-0.1, -0.05) is 6.07 Å². The summed E-state index contributed by atoms with van der Waals surface area (Å²) >= 11 is 1.33. The molecule has 146 valence electrons. The fraction of sp³-hybridized carbons (Fsp3) is 0.200. The van der Waals surface area contributed by atoms with Crippen LogP contribution in [0.1, 0.15) is 0 Å². The highest BCUT2D eigenvalue weighted by atomic mass is 32.1. The number of ether oxygens (including phenoxy) is 4. The van der Waals surface area contributed by atoms with E-state index in [2.05, 4.69) is 10.3 Å². The molecule has 0 radical (unpaired) electrons. The Morgan fingerprint density at radius 3 is 2.54 bits per heavy atom. The van der Waals surface area contributed by atoms with E-state index in [1.54, 1.807) is 45.6 Å². The molecule has 0 atom stereocenters. The van der Waals surface area contributed by atoms with Crippen molar-refractivity contribution in [1.29, 1.82) is 0 Å². The lowest BCUT2D eigenvalue weighted by atomic mass is 10.1. The van der Waals surface area contributed by atoms with Gasteiger partial charge in [-0.15, -0.1) is 11.3 Å². The van der Waals surface area contributed by atoms with E-state index in [4.69, 9.17) is 18.9 Å². The number of carbonyl (C=O) groups excluding carboxylic acids is 1. The Morgan fingerprint density at radius 2 is 1.79 bits per heavy atom. The summed E-state index contributed by atoms with van der Waals surface area (Å²) < 4.78 is 21.2. The van der Waals surface area contributed by atoms with E-state index in [1.807, 2.05) is 23.6 Å². The molecule has 0 aliphatic heterocycles. The SMILES string of the molecule is COc1cccc(OCC(=O)Nc2nc(-c3ccc(OC)c(OC)c3)cs2)c1. The average molecular weight is 400 g/mol. The van der Waals surface area contributed by atoms with Crippen molar-refractivity contribution < 1.29 is 23.7 Å². The van der Waals surface area contributed by atoms with Gasteiger partial charge >= 0.3 is 0 Å². The van der Waals surface area contributed by atoms with E-state index in [1.165, 1.54) is 11.3 Å². The van der Waals surface area contributed by atoms with Crippen molar-refractivity contribution in [3.63, 3.8) is 0 Å². The highest BCUT2D eigenvalue weighted by molar-refractivity contribution is 7.14. The lowest BCUT2D eigenvalue weighted by Crippen LogP contribution is -2.20. The van der Waals surface area contributed by atoms with Crippen molar-refractivity contribution in [1.82, 2.24) is 4.98 Å². The van der Waals surface area contributed by atoms with Gasteiger partial charge in [0.05, 0.1) is 27.0 Å². The molecule has 8 heteroatoms. The zero-order chi connectivity index (χ0) is 19.9. The van der Waals surface area contributed by atoms with Crippen molar-refractivity contribution >= 4 is 22.4 Å². The third kappa shape index (κ3) is 4.72. The number of benzene rings is 2. The lowest BCUT2D eigenvalue weighted by Gasteiger charge is -2.08. The summed E-state index contributed by atoms with van der Waals surface area (Å²) in [6, 6.07) is 12.6. The predicted octanol–water partition coefficient (Wildman–Crippen LogP) is 3.85. The Labute approximate surface area is 166 Å². The van der Waals surface area contributed by atoms with E-state index >= 15 is 0 Å². The molecule has 3 aromatic rings. The fourth-order valence-electron chi connectivity index (χ4n) is 2.45. The summed E-state index contributed by atoms with van der Waals surface area (Å²) in [6.07, 6.45) is 0. The molecule has 0 saturated heterocycles. The van der Waals surface area contributed by atoms with Crippen LogP contribution in [0.5, 0.6) is 23.0 Å². The van der Waals surface area contributed by atoms with Crippen molar-refractivity contribution in [2.24, 2.45) is 0 Å². The normalized spacial score (nSPS) is 10.2. The van der Waals surface area contributed by atoms with Crippen LogP contribution in [-0.4, -0.2) is 38.8 Å². The zero-order valence-electron chi connectivity index (χ0n) is 15.7. The largest absolute Gasteiger partial charge is 0.497 e. The number of aromatic nitrogens is 1. The van der Waals surface area contributed by atoms with Gasteiger partial charge in [0.25, 0.3) is 5.91 Å². The maximum absolute atomic E-state index is 12.1. The molecule has 28 heavy (non-hydrogen) atoms. The highest BCUT2D eigenvalue weighted by Gasteiger charge is 2.11. The number of methoxy groups -OCH3 is 3. The summed E-state index contributed by atoms with van der Waals surface area (Å²) in [5.41, 5.74) is 1.59. The molecule has 7 nitrogen and oxygen atoms in total. The lowest BCUT2D eigenvalue weighted by molar-refractivity contribution is -0.118. The molecular formula is C20H20N2O5S. The van der Waals surface area contributed by atoms with Gasteiger partial charge in [0.15, 0.2) is 23.2 Å². The predicted molar refractivity (Wildman–Crippen MR) is 108 cm³/mol. The van der Waals surface area contributed by atoms with Crippen LogP contribution in [0.15, 0.2) is 47.8 Å². The molecule has 1 aromatic heterocycles. The van der Waals surface area contributed by atoms with Gasteiger partial charge in [-0.3, -0.25) is 10.1 Å². The highest BCUT2D eigenvalue weighted by Crippen LogP contribution is 2.33. The number of thiazole rings is 1. The fourth-order valence-corrected chi connectivity index (χ4v) is 3.19. The number of hydrogen-bond acceptors (Lipinski definition) is 7. The second kappa shape index (κ2) is 9.09. The Morgan fingerprint density at radius 1 is 1.00 bits per heavy atom. The molecule has 0 aliphatic carbocycles. The molecule has 0 fully saturated rings. The summed E-state index contributed by atoms with van der Waals surface area (Å²) in [5.74, 6) is 2.18. The van der Waals surface area contributed by atoms with E-state index in [-0.39, 0.29) is 12.5 Å². The number of amides is 1. The Hall–Kier alpha value is -3.26. The van der Waals surface area contributed by atoms with Crippen molar-refractivity contribution in [2.75, 3.05) is 33.3 Å². The van der Waals surface area contributed by atoms with Gasteiger partial charge in [0, 0.05) is 17.0 Å². The molecule has 0 spiro atoms. The number of carbonyl (C=O) groups is 1. The summed E-state index contributed by atoms with van der Waals surface area (Å²) in [6.45, 7) is -0.127. The van der Waals surface area contributed by atoms with Gasteiger partial charge in [-0.05, 0) is 30.3 Å². The smallest absolute Gasteiger partial charge is 0.264 e. The van der Waals surface area contributed by atoms with Crippen LogP contribution >= 0.6 is 11.3 Å². The van der Waals surface area contributed by atoms with Gasteiger partial charge < -0.3 is 18.9 Å². The first-order valence-corrected chi connectivity index (χ1v) is 9.25. The van der Waals surface area contributed by atoms with Crippen LogP contribution < -0.4 is 24.3 Å². The first-order chi connectivity index (χ1) is 13.6. The van der Waals surface area contributed by atoms with E-state index < -0.39 is 0 Å². The molecule has 1 amide bonds. The van der Waals surface area contributed by atoms with Gasteiger partial charge in [0.1, 0.15) is 11.5 Å². The minimum Gasteiger partial charge on any atom is -0.497 e. The average Bonchev–Trinajstić information content (AvgIpc) is 3.20. The number of nitrogens with one attached hydrogen (secondary N) is 1. The Balaban J connectivity index is 1.61. The molecule has 3 rings (SSSR count). The zero-order valence-corrected chi connectivity index (χ0v) is 16.5. The second-order valence-electron chi connectivity index (χ2n) is 5.62. The quantitative estimate of drug-likeness (QED) is 0.619. The number of hydrogen-bond donors (Lipinski definition) is 1. The van der Waals surface area contributed by atoms with Crippen molar-refractivity contribution in [3.8, 4) is 34.3 Å². The molecule has 0 aliphatic rings. The van der Waals surface area contributed by atoms with Gasteiger partial charge in [0.2, 0.25) is 0 Å². The van der Waals surface area contributed by atoms with Crippen molar-refractivity contribution in [3.05, 3.63) is 47.8 Å². The molecule has 1 heterocycles. The molecular weight excluding hydrogens is 380 g/mol. The second-order valence-corrected chi connectivity index (χ2v) is 6.48. The van der Waals surface area contributed by atoms with E-state index in [0.29, 0.717) is 28.1 Å². The Bertz CT molecular complexity index is 957. The molecule has 2 aromatic carbocycles. The van der Waals surface area contributed by atoms with Gasteiger partial charge in [-0.2, -0.15) is 0 Å². The first kappa shape index (κ1) is 19.5. The topological polar surface area (TPSA) is 78.9 Å². The third-order valence-corrected chi connectivity index (χ3v) is 4.60. The third-order valence-electron chi connectivity index (χ3n) is 3.84. The maximum Gasteiger partial charge on any atom is 0.264 e. The maximum atomic E-state index is 12.1. The first-order valence-electron chi connectivity index (χ1n) is 8.37. The Kier molecular flexibility index (Phi) is 6.33. The standard InChI is InChI=1S/C20H20N2O5S/c1-24-14-5-4-6-15(10-14)27-11-19(23)22-20-21-16(12-28-20)13-7-8-17(25-2)18(9-13)26-3/h4-10,12H,11H2,1-3H3,(H,21,22,23). The molecule has 0 bridgehead atoms. The van der Waals surface area contributed by atoms with Crippen molar-refractivity contribution in [2.45, 2.75) is 0 Å². The van der Waals surface area contributed by atoms with Crippen LogP contribution in [0.3, 0.4) is 0 Å². The van der Waals surface area contributed by atoms with E-state index in [9.17, 15) is 4.79 Å². The summed E-state index contributed by atoms with van der Waals surface area (Å²) in [7, 11) is 4.74. The summed E-state index contributed by atoms with van der Waals surface area (Å²) in [5, 5.41) is 5.09. The monoisotopic (exact) mass is 400 g/mol.